The van der Waals surface area contributed by atoms with Crippen LogP contribution in [0.3, 0.4) is 0 Å². The molecular formula is C22H16F3NO. The van der Waals surface area contributed by atoms with E-state index in [1.54, 1.807) is 30.3 Å². The number of allylic oxidation sites excluding steroid dienone is 1. The first-order chi connectivity index (χ1) is 12.9. The molecular weight excluding hydrogens is 351 g/mol. The molecule has 1 amide bonds. The second-order valence-corrected chi connectivity index (χ2v) is 5.82. The fourth-order valence-corrected chi connectivity index (χ4v) is 2.71. The van der Waals surface area contributed by atoms with Gasteiger partial charge >= 0.3 is 6.18 Å². The van der Waals surface area contributed by atoms with Crippen LogP contribution in [0.15, 0.2) is 91.0 Å². The van der Waals surface area contributed by atoms with E-state index in [1.165, 1.54) is 24.3 Å². The Morgan fingerprint density at radius 2 is 1.33 bits per heavy atom. The summed E-state index contributed by atoms with van der Waals surface area (Å²) in [6.45, 7) is 0. The zero-order valence-electron chi connectivity index (χ0n) is 14.2. The van der Waals surface area contributed by atoms with Crippen LogP contribution in [0.25, 0.3) is 16.7 Å². The van der Waals surface area contributed by atoms with E-state index in [4.69, 9.17) is 0 Å². The lowest BCUT2D eigenvalue weighted by Crippen LogP contribution is -2.16. The summed E-state index contributed by atoms with van der Waals surface area (Å²) in [4.78, 5) is 12.3. The van der Waals surface area contributed by atoms with Gasteiger partial charge in [-0.3, -0.25) is 4.79 Å². The monoisotopic (exact) mass is 367 g/mol. The molecule has 2 nitrogen and oxygen atoms in total. The molecule has 27 heavy (non-hydrogen) atoms. The minimum Gasteiger partial charge on any atom is -0.322 e. The third kappa shape index (κ3) is 4.64. The van der Waals surface area contributed by atoms with Gasteiger partial charge < -0.3 is 5.32 Å². The molecule has 0 heterocycles. The molecule has 0 fully saturated rings. The van der Waals surface area contributed by atoms with Gasteiger partial charge in [-0.1, -0.05) is 78.9 Å². The van der Waals surface area contributed by atoms with E-state index in [0.717, 1.165) is 11.1 Å². The Kier molecular flexibility index (Phi) is 5.41. The van der Waals surface area contributed by atoms with Crippen molar-refractivity contribution in [2.75, 3.05) is 5.32 Å². The molecule has 1 N–H and O–H groups in total. The number of anilines is 1. The summed E-state index contributed by atoms with van der Waals surface area (Å²) in [7, 11) is 0. The first kappa shape index (κ1) is 18.5. The van der Waals surface area contributed by atoms with Gasteiger partial charge in [0, 0.05) is 17.3 Å². The molecule has 0 aromatic heterocycles. The molecule has 0 aliphatic carbocycles. The van der Waals surface area contributed by atoms with Crippen LogP contribution in [-0.2, 0) is 4.79 Å². The topological polar surface area (TPSA) is 29.1 Å². The lowest BCUT2D eigenvalue weighted by molar-refractivity contribution is -0.112. The highest BCUT2D eigenvalue weighted by Crippen LogP contribution is 2.34. The molecule has 0 aliphatic heterocycles. The molecule has 0 spiro atoms. The van der Waals surface area contributed by atoms with Crippen molar-refractivity contribution in [2.45, 2.75) is 6.18 Å². The minimum absolute atomic E-state index is 0.0588. The van der Waals surface area contributed by atoms with Crippen LogP contribution in [0.5, 0.6) is 0 Å². The number of hydrogen-bond acceptors (Lipinski definition) is 1. The predicted molar refractivity (Wildman–Crippen MR) is 101 cm³/mol. The van der Waals surface area contributed by atoms with Crippen LogP contribution in [0.1, 0.15) is 5.56 Å². The van der Waals surface area contributed by atoms with Gasteiger partial charge in [-0.05, 0) is 17.2 Å². The molecule has 0 saturated heterocycles. The number of benzene rings is 3. The van der Waals surface area contributed by atoms with E-state index in [2.05, 4.69) is 5.32 Å². The number of carbonyl (C=O) groups is 1. The summed E-state index contributed by atoms with van der Waals surface area (Å²) in [5.41, 5.74) is 0.985. The fourth-order valence-electron chi connectivity index (χ4n) is 2.71. The number of carbonyl (C=O) groups excluding carboxylic acids is 1. The number of alkyl halides is 3. The first-order valence-electron chi connectivity index (χ1n) is 8.25. The summed E-state index contributed by atoms with van der Waals surface area (Å²) in [5.74, 6) is -0.838. The number of halogens is 3. The molecule has 0 saturated carbocycles. The summed E-state index contributed by atoms with van der Waals surface area (Å²) < 4.78 is 40.2. The van der Waals surface area contributed by atoms with Crippen molar-refractivity contribution in [1.29, 1.82) is 0 Å². The van der Waals surface area contributed by atoms with E-state index in [0.29, 0.717) is 11.8 Å². The van der Waals surface area contributed by atoms with Crippen molar-refractivity contribution >= 4 is 17.2 Å². The van der Waals surface area contributed by atoms with Crippen molar-refractivity contribution in [1.82, 2.24) is 0 Å². The molecule has 0 radical (unpaired) electrons. The van der Waals surface area contributed by atoms with Crippen molar-refractivity contribution in [3.8, 4) is 11.1 Å². The third-order valence-corrected chi connectivity index (χ3v) is 3.94. The Morgan fingerprint density at radius 3 is 1.96 bits per heavy atom. The maximum Gasteiger partial charge on any atom is 0.417 e. The summed E-state index contributed by atoms with van der Waals surface area (Å²) in [6.07, 6.45) is -4.05. The van der Waals surface area contributed by atoms with Gasteiger partial charge in [-0.25, -0.2) is 0 Å². The second-order valence-electron chi connectivity index (χ2n) is 5.82. The molecule has 3 aromatic rings. The predicted octanol–water partition coefficient (Wildman–Crippen LogP) is 5.94. The normalized spacial score (nSPS) is 11.9. The van der Waals surface area contributed by atoms with Crippen molar-refractivity contribution in [3.05, 3.63) is 96.6 Å². The van der Waals surface area contributed by atoms with Crippen molar-refractivity contribution in [3.63, 3.8) is 0 Å². The molecule has 136 valence electrons. The van der Waals surface area contributed by atoms with Gasteiger partial charge in [0.15, 0.2) is 0 Å². The highest BCUT2D eigenvalue weighted by atomic mass is 19.4. The minimum atomic E-state index is -4.64. The molecule has 0 unspecified atom stereocenters. The Hall–Kier alpha value is -3.34. The zero-order chi connectivity index (χ0) is 19.3. The maximum absolute atomic E-state index is 13.4. The van der Waals surface area contributed by atoms with E-state index in [1.807, 2.05) is 30.3 Å². The van der Waals surface area contributed by atoms with Crippen LogP contribution in [0, 0.1) is 0 Å². The third-order valence-electron chi connectivity index (χ3n) is 3.94. The lowest BCUT2D eigenvalue weighted by Gasteiger charge is -2.13. The van der Waals surface area contributed by atoms with Gasteiger partial charge in [0.1, 0.15) is 0 Å². The molecule has 0 atom stereocenters. The van der Waals surface area contributed by atoms with Crippen LogP contribution >= 0.6 is 0 Å². The highest BCUT2D eigenvalue weighted by Gasteiger charge is 2.35. The number of hydrogen-bond donors (Lipinski definition) is 1. The van der Waals surface area contributed by atoms with Crippen LogP contribution in [0.4, 0.5) is 18.9 Å². The Bertz CT molecular complexity index is 948. The van der Waals surface area contributed by atoms with Crippen molar-refractivity contribution < 1.29 is 18.0 Å². The number of para-hydroxylation sites is 1. The van der Waals surface area contributed by atoms with Gasteiger partial charge in [0.05, 0.1) is 5.57 Å². The van der Waals surface area contributed by atoms with Gasteiger partial charge in [-0.2, -0.15) is 13.2 Å². The molecule has 3 aromatic carbocycles. The van der Waals surface area contributed by atoms with Gasteiger partial charge in [0.25, 0.3) is 0 Å². The molecule has 5 heteroatoms. The zero-order valence-corrected chi connectivity index (χ0v) is 14.2. The Morgan fingerprint density at radius 1 is 0.778 bits per heavy atom. The van der Waals surface area contributed by atoms with Crippen LogP contribution in [-0.4, -0.2) is 12.1 Å². The Labute approximate surface area is 155 Å². The maximum atomic E-state index is 13.4. The SMILES string of the molecule is O=C(/C=C(\c1ccccc1)C(F)(F)F)Nc1ccccc1-c1ccccc1. The Balaban J connectivity index is 1.92. The van der Waals surface area contributed by atoms with Gasteiger partial charge in [-0.15, -0.1) is 0 Å². The standard InChI is InChI=1S/C22H16F3NO/c23-22(24,25)19(17-11-5-2-6-12-17)15-21(27)26-20-14-8-7-13-18(20)16-9-3-1-4-10-16/h1-15H,(H,26,27)/b19-15+. The lowest BCUT2D eigenvalue weighted by atomic mass is 10.0. The smallest absolute Gasteiger partial charge is 0.322 e. The van der Waals surface area contributed by atoms with E-state index in [9.17, 15) is 18.0 Å². The number of rotatable bonds is 4. The number of nitrogens with one attached hydrogen (secondary N) is 1. The average molecular weight is 367 g/mol. The van der Waals surface area contributed by atoms with E-state index < -0.39 is 17.7 Å². The summed E-state index contributed by atoms with van der Waals surface area (Å²) in [6, 6.07) is 23.5. The second kappa shape index (κ2) is 7.91. The summed E-state index contributed by atoms with van der Waals surface area (Å²) in [5, 5.41) is 2.57. The van der Waals surface area contributed by atoms with E-state index >= 15 is 0 Å². The molecule has 0 aliphatic rings. The average Bonchev–Trinajstić information content (AvgIpc) is 2.67. The van der Waals surface area contributed by atoms with Gasteiger partial charge in [0.2, 0.25) is 5.91 Å². The molecule has 0 bridgehead atoms. The summed E-state index contributed by atoms with van der Waals surface area (Å²) >= 11 is 0. The fraction of sp³-hybridized carbons (Fsp3) is 0.0455. The van der Waals surface area contributed by atoms with E-state index in [-0.39, 0.29) is 5.56 Å². The number of amides is 1. The first-order valence-corrected chi connectivity index (χ1v) is 8.25. The quantitative estimate of drug-likeness (QED) is 0.568. The molecule has 3 rings (SSSR count). The highest BCUT2D eigenvalue weighted by molar-refractivity contribution is 6.06. The largest absolute Gasteiger partial charge is 0.417 e. The van der Waals surface area contributed by atoms with Crippen molar-refractivity contribution in [2.24, 2.45) is 0 Å². The van der Waals surface area contributed by atoms with Crippen LogP contribution < -0.4 is 5.32 Å². The van der Waals surface area contributed by atoms with Crippen LogP contribution in [0.2, 0.25) is 0 Å².